The summed E-state index contributed by atoms with van der Waals surface area (Å²) in [5.74, 6) is 0.753. The van der Waals surface area contributed by atoms with Crippen molar-refractivity contribution >= 4 is 34.3 Å². The highest BCUT2D eigenvalue weighted by atomic mass is 32.2. The van der Waals surface area contributed by atoms with Crippen molar-refractivity contribution in [2.45, 2.75) is 51.3 Å². The highest BCUT2D eigenvalue weighted by Crippen LogP contribution is 2.32. The van der Waals surface area contributed by atoms with Gasteiger partial charge in [-0.3, -0.25) is 4.79 Å². The Morgan fingerprint density at radius 1 is 1.10 bits per heavy atom. The first-order valence-corrected chi connectivity index (χ1v) is 10.7. The number of aromatic nitrogens is 1. The van der Waals surface area contributed by atoms with Crippen LogP contribution in [0.25, 0.3) is 10.9 Å². The van der Waals surface area contributed by atoms with E-state index in [0.29, 0.717) is 6.42 Å². The van der Waals surface area contributed by atoms with Gasteiger partial charge in [0, 0.05) is 11.1 Å². The molecule has 1 heterocycles. The quantitative estimate of drug-likeness (QED) is 0.509. The number of benzene rings is 2. The number of aryl methyl sites for hydroxylation is 4. The second-order valence-corrected chi connectivity index (χ2v) is 8.63. The minimum Gasteiger partial charge on any atom is -0.494 e. The average Bonchev–Trinajstić information content (AvgIpc) is 2.68. The summed E-state index contributed by atoms with van der Waals surface area (Å²) >= 11 is 1.50. The van der Waals surface area contributed by atoms with Crippen LogP contribution in [-0.2, 0) is 4.79 Å². The number of methoxy groups -OCH3 is 1. The maximum absolute atomic E-state index is 13.0. The molecule has 1 N–H and O–H groups in total. The Morgan fingerprint density at radius 2 is 1.79 bits per heavy atom. The number of ether oxygens (including phenoxy) is 1. The fourth-order valence-corrected chi connectivity index (χ4v) is 4.65. The number of nitrogens with one attached hydrogen (secondary N) is 1. The van der Waals surface area contributed by atoms with Crippen LogP contribution < -0.4 is 10.1 Å². The van der Waals surface area contributed by atoms with Gasteiger partial charge < -0.3 is 10.1 Å². The van der Waals surface area contributed by atoms with Crippen molar-refractivity contribution < 1.29 is 9.53 Å². The predicted octanol–water partition coefficient (Wildman–Crippen LogP) is 5.99. The van der Waals surface area contributed by atoms with Crippen LogP contribution in [0.15, 0.2) is 41.4 Å². The topological polar surface area (TPSA) is 51.2 Å². The number of amides is 1. The monoisotopic (exact) mass is 408 g/mol. The zero-order valence-corrected chi connectivity index (χ0v) is 18.7. The van der Waals surface area contributed by atoms with Gasteiger partial charge in [-0.25, -0.2) is 4.98 Å². The summed E-state index contributed by atoms with van der Waals surface area (Å²) in [7, 11) is 1.65. The lowest BCUT2D eigenvalue weighted by molar-refractivity contribution is -0.115. The number of para-hydroxylation sites is 1. The van der Waals surface area contributed by atoms with E-state index in [1.807, 2.05) is 45.0 Å². The van der Waals surface area contributed by atoms with Gasteiger partial charge in [0.1, 0.15) is 11.3 Å². The van der Waals surface area contributed by atoms with E-state index in [9.17, 15) is 4.79 Å². The van der Waals surface area contributed by atoms with Crippen molar-refractivity contribution in [3.63, 3.8) is 0 Å². The van der Waals surface area contributed by atoms with E-state index in [4.69, 9.17) is 9.72 Å². The molecule has 0 aliphatic rings. The van der Waals surface area contributed by atoms with Crippen LogP contribution in [0, 0.1) is 27.7 Å². The summed E-state index contributed by atoms with van der Waals surface area (Å²) in [6.07, 6.45) is 0.713. The van der Waals surface area contributed by atoms with Gasteiger partial charge in [0.05, 0.1) is 17.4 Å². The lowest BCUT2D eigenvalue weighted by Gasteiger charge is -2.18. The molecule has 3 aromatic rings. The smallest absolute Gasteiger partial charge is 0.237 e. The molecule has 0 bridgehead atoms. The predicted molar refractivity (Wildman–Crippen MR) is 122 cm³/mol. The Balaban J connectivity index is 1.87. The first-order chi connectivity index (χ1) is 13.8. The maximum Gasteiger partial charge on any atom is 0.237 e. The number of rotatable bonds is 6. The van der Waals surface area contributed by atoms with Crippen molar-refractivity contribution in [2.75, 3.05) is 12.4 Å². The number of pyridine rings is 1. The minimum absolute atomic E-state index is 0.00660. The van der Waals surface area contributed by atoms with E-state index < -0.39 is 0 Å². The van der Waals surface area contributed by atoms with Gasteiger partial charge in [0.25, 0.3) is 0 Å². The van der Waals surface area contributed by atoms with Gasteiger partial charge in [-0.15, -0.1) is 0 Å². The van der Waals surface area contributed by atoms with Crippen molar-refractivity contribution in [1.82, 2.24) is 4.98 Å². The molecule has 0 aliphatic carbocycles. The Bertz CT molecular complexity index is 1040. The van der Waals surface area contributed by atoms with Crippen LogP contribution in [0.1, 0.15) is 35.6 Å². The van der Waals surface area contributed by atoms with Gasteiger partial charge in [-0.2, -0.15) is 0 Å². The van der Waals surface area contributed by atoms with Crippen LogP contribution in [0.3, 0.4) is 0 Å². The third-order valence-electron chi connectivity index (χ3n) is 5.06. The van der Waals surface area contributed by atoms with E-state index >= 15 is 0 Å². The van der Waals surface area contributed by atoms with Gasteiger partial charge >= 0.3 is 0 Å². The van der Waals surface area contributed by atoms with Crippen molar-refractivity contribution in [3.05, 3.63) is 58.7 Å². The number of thioether (sulfide) groups is 1. The first kappa shape index (κ1) is 21.2. The molecule has 5 heteroatoms. The second-order valence-electron chi connectivity index (χ2n) is 7.41. The largest absolute Gasteiger partial charge is 0.494 e. The van der Waals surface area contributed by atoms with E-state index in [-0.39, 0.29) is 11.2 Å². The highest BCUT2D eigenvalue weighted by molar-refractivity contribution is 8.00. The molecule has 1 aromatic heterocycles. The Labute approximate surface area is 177 Å². The van der Waals surface area contributed by atoms with Crippen molar-refractivity contribution in [2.24, 2.45) is 0 Å². The molecule has 1 atom stereocenters. The number of carbonyl (C=O) groups is 1. The fraction of sp³-hybridized carbons (Fsp3) is 0.333. The number of fused-ring (bicyclic) bond motifs is 1. The molecule has 0 fully saturated rings. The highest BCUT2D eigenvalue weighted by Gasteiger charge is 2.21. The molecular weight excluding hydrogens is 380 g/mol. The lowest BCUT2D eigenvalue weighted by Crippen LogP contribution is -2.25. The zero-order chi connectivity index (χ0) is 21.1. The van der Waals surface area contributed by atoms with Crippen LogP contribution in [0.4, 0.5) is 5.69 Å². The molecule has 1 unspecified atom stereocenters. The molecule has 0 saturated heterocycles. The van der Waals surface area contributed by atoms with E-state index in [1.54, 1.807) is 7.11 Å². The van der Waals surface area contributed by atoms with Crippen LogP contribution >= 0.6 is 11.8 Å². The first-order valence-electron chi connectivity index (χ1n) is 9.83. The molecule has 0 spiro atoms. The molecular formula is C24H28N2O2S. The SMILES string of the molecule is CCC(Sc1cc(C)c2cccc(OC)c2n1)C(=O)Nc1c(C)cc(C)cc1C. The van der Waals surface area contributed by atoms with Crippen LogP contribution in [0.2, 0.25) is 0 Å². The summed E-state index contributed by atoms with van der Waals surface area (Å²) in [5, 5.41) is 4.81. The van der Waals surface area contributed by atoms with Gasteiger partial charge in [0.15, 0.2) is 0 Å². The third kappa shape index (κ3) is 4.56. The Kier molecular flexibility index (Phi) is 6.48. The van der Waals surface area contributed by atoms with Crippen molar-refractivity contribution in [1.29, 1.82) is 0 Å². The number of nitrogens with zero attached hydrogens (tertiary/aromatic N) is 1. The summed E-state index contributed by atoms with van der Waals surface area (Å²) in [6, 6.07) is 12.2. The average molecular weight is 409 g/mol. The fourth-order valence-electron chi connectivity index (χ4n) is 3.64. The molecule has 152 valence electrons. The van der Waals surface area contributed by atoms with Gasteiger partial charge in [0.2, 0.25) is 5.91 Å². The zero-order valence-electron chi connectivity index (χ0n) is 17.9. The molecule has 29 heavy (non-hydrogen) atoms. The number of anilines is 1. The Hall–Kier alpha value is -2.53. The number of hydrogen-bond acceptors (Lipinski definition) is 4. The summed E-state index contributed by atoms with van der Waals surface area (Å²) in [4.78, 5) is 17.8. The van der Waals surface area contributed by atoms with Crippen LogP contribution in [-0.4, -0.2) is 23.3 Å². The molecule has 4 nitrogen and oxygen atoms in total. The molecule has 1 amide bonds. The molecule has 2 aromatic carbocycles. The van der Waals surface area contributed by atoms with E-state index in [1.165, 1.54) is 17.3 Å². The van der Waals surface area contributed by atoms with Crippen molar-refractivity contribution in [3.8, 4) is 5.75 Å². The third-order valence-corrected chi connectivity index (χ3v) is 6.34. The van der Waals surface area contributed by atoms with Crippen LogP contribution in [0.5, 0.6) is 5.75 Å². The minimum atomic E-state index is -0.228. The number of hydrogen-bond donors (Lipinski definition) is 1. The van der Waals surface area contributed by atoms with Gasteiger partial charge in [-0.05, 0) is 62.9 Å². The summed E-state index contributed by atoms with van der Waals surface area (Å²) < 4.78 is 5.48. The van der Waals surface area contributed by atoms with Gasteiger partial charge in [-0.1, -0.05) is 48.5 Å². The van der Waals surface area contributed by atoms with E-state index in [2.05, 4.69) is 31.3 Å². The summed E-state index contributed by atoms with van der Waals surface area (Å²) in [6.45, 7) is 10.2. The molecule has 0 aliphatic heterocycles. The Morgan fingerprint density at radius 3 is 2.41 bits per heavy atom. The molecule has 3 rings (SSSR count). The standard InChI is InChI=1S/C24H28N2O2S/c1-7-20(24(27)26-22-16(4)11-14(2)12-17(22)5)29-21-13-15(3)18-9-8-10-19(28-6)23(18)25-21/h8-13,20H,7H2,1-6H3,(H,26,27). The number of carbonyl (C=O) groups excluding carboxylic acids is 1. The van der Waals surface area contributed by atoms with E-state index in [0.717, 1.165) is 44.1 Å². The normalized spacial score (nSPS) is 12.1. The lowest BCUT2D eigenvalue weighted by atomic mass is 10.0. The maximum atomic E-state index is 13.0. The second kappa shape index (κ2) is 8.87. The summed E-state index contributed by atoms with van der Waals surface area (Å²) in [5.41, 5.74) is 6.23. The molecule has 0 radical (unpaired) electrons. The molecule has 0 saturated carbocycles.